The molecule has 0 unspecified atom stereocenters. The first-order valence-electron chi connectivity index (χ1n) is 7.26. The Labute approximate surface area is 119 Å². The molecule has 5 heteroatoms. The maximum Gasteiger partial charge on any atom is 0.0916 e. The van der Waals surface area contributed by atoms with Gasteiger partial charge in [0.25, 0.3) is 0 Å². The van der Waals surface area contributed by atoms with Crippen LogP contribution in [-0.2, 0) is 6.42 Å². The van der Waals surface area contributed by atoms with Crippen molar-refractivity contribution in [3.63, 3.8) is 0 Å². The van der Waals surface area contributed by atoms with Gasteiger partial charge < -0.3 is 4.90 Å². The lowest BCUT2D eigenvalue weighted by atomic mass is 10.0. The van der Waals surface area contributed by atoms with Crippen molar-refractivity contribution in [2.24, 2.45) is 5.92 Å². The van der Waals surface area contributed by atoms with E-state index in [1.54, 1.807) is 6.20 Å². The number of aromatic amines is 1. The molecule has 0 aromatic carbocycles. The third-order valence-corrected chi connectivity index (χ3v) is 4.04. The van der Waals surface area contributed by atoms with Gasteiger partial charge in [-0.05, 0) is 39.2 Å². The largest absolute Gasteiger partial charge is 0.301 e. The van der Waals surface area contributed by atoms with Gasteiger partial charge in [-0.3, -0.25) is 15.1 Å². The first-order chi connectivity index (χ1) is 9.72. The zero-order valence-electron chi connectivity index (χ0n) is 12.1. The summed E-state index contributed by atoms with van der Waals surface area (Å²) in [7, 11) is 0. The topological polar surface area (TPSA) is 57.7 Å². The molecule has 1 atom stereocenters. The van der Waals surface area contributed by atoms with Crippen LogP contribution in [0.15, 0.2) is 24.8 Å². The third-order valence-electron chi connectivity index (χ3n) is 4.04. The summed E-state index contributed by atoms with van der Waals surface area (Å²) in [5, 5.41) is 6.72. The summed E-state index contributed by atoms with van der Waals surface area (Å²) in [4.78, 5) is 11.6. The molecular weight excluding hydrogens is 250 g/mol. The molecule has 20 heavy (non-hydrogen) atoms. The van der Waals surface area contributed by atoms with E-state index in [1.807, 2.05) is 18.6 Å². The predicted octanol–water partition coefficient (Wildman–Crippen LogP) is 2.14. The molecule has 0 saturated carbocycles. The van der Waals surface area contributed by atoms with Gasteiger partial charge in [-0.1, -0.05) is 0 Å². The Bertz CT molecular complexity index is 532. The van der Waals surface area contributed by atoms with Crippen LogP contribution in [0.5, 0.6) is 0 Å². The molecule has 3 heterocycles. The van der Waals surface area contributed by atoms with Crippen molar-refractivity contribution in [2.75, 3.05) is 13.1 Å². The summed E-state index contributed by atoms with van der Waals surface area (Å²) in [6, 6.07) is 0.648. The van der Waals surface area contributed by atoms with Gasteiger partial charge in [-0.2, -0.15) is 5.10 Å². The monoisotopic (exact) mass is 271 g/mol. The molecule has 0 amide bonds. The van der Waals surface area contributed by atoms with Gasteiger partial charge in [0.05, 0.1) is 23.8 Å². The van der Waals surface area contributed by atoms with Gasteiger partial charge in [-0.25, -0.2) is 0 Å². The number of hydrogen-bond acceptors (Lipinski definition) is 4. The molecule has 2 aromatic rings. The molecule has 1 aliphatic rings. The van der Waals surface area contributed by atoms with Crippen LogP contribution < -0.4 is 0 Å². The lowest BCUT2D eigenvalue weighted by molar-refractivity contribution is 0.264. The lowest BCUT2D eigenvalue weighted by Gasteiger charge is -2.20. The fourth-order valence-corrected chi connectivity index (χ4v) is 2.79. The molecule has 2 aromatic heterocycles. The van der Waals surface area contributed by atoms with E-state index in [4.69, 9.17) is 0 Å². The Balaban J connectivity index is 1.62. The molecule has 3 rings (SSSR count). The second-order valence-corrected chi connectivity index (χ2v) is 5.83. The van der Waals surface area contributed by atoms with Crippen LogP contribution in [0.4, 0.5) is 0 Å². The number of hydrogen-bond donors (Lipinski definition) is 1. The van der Waals surface area contributed by atoms with Crippen LogP contribution in [0.2, 0.25) is 0 Å². The van der Waals surface area contributed by atoms with Crippen LogP contribution in [0.3, 0.4) is 0 Å². The average Bonchev–Trinajstić information content (AvgIpc) is 3.10. The molecule has 5 nitrogen and oxygen atoms in total. The highest BCUT2D eigenvalue weighted by atomic mass is 15.2. The molecule has 0 spiro atoms. The lowest BCUT2D eigenvalue weighted by Crippen LogP contribution is -2.28. The molecular formula is C15H21N5. The zero-order chi connectivity index (χ0) is 13.9. The number of H-pyrrole nitrogens is 1. The first-order valence-corrected chi connectivity index (χ1v) is 7.26. The number of rotatable bonds is 4. The Kier molecular flexibility index (Phi) is 3.78. The van der Waals surface area contributed by atoms with Crippen LogP contribution in [-0.4, -0.2) is 44.2 Å². The molecule has 1 N–H and O–H groups in total. The Morgan fingerprint density at radius 3 is 2.80 bits per heavy atom. The standard InChI is InChI=1S/C15H21N5/c1-11(2)20-4-3-12(10-20)5-14-8-17-15(9-16-14)13-6-18-19-7-13/h6-9,11-12H,3-5,10H2,1-2H3,(H,18,19)/t12-/m0/s1. The van der Waals surface area contributed by atoms with Crippen LogP contribution in [0.25, 0.3) is 11.3 Å². The van der Waals surface area contributed by atoms with E-state index >= 15 is 0 Å². The molecule has 0 bridgehead atoms. The predicted molar refractivity (Wildman–Crippen MR) is 78.1 cm³/mol. The van der Waals surface area contributed by atoms with Crippen LogP contribution in [0, 0.1) is 5.92 Å². The molecule has 1 aliphatic heterocycles. The highest BCUT2D eigenvalue weighted by molar-refractivity contribution is 5.55. The van der Waals surface area contributed by atoms with Crippen LogP contribution >= 0.6 is 0 Å². The maximum absolute atomic E-state index is 4.55. The van der Waals surface area contributed by atoms with Crippen molar-refractivity contribution in [1.29, 1.82) is 0 Å². The molecule has 0 radical (unpaired) electrons. The highest BCUT2D eigenvalue weighted by Crippen LogP contribution is 2.22. The van der Waals surface area contributed by atoms with Crippen molar-refractivity contribution >= 4 is 0 Å². The van der Waals surface area contributed by atoms with E-state index in [9.17, 15) is 0 Å². The second-order valence-electron chi connectivity index (χ2n) is 5.83. The van der Waals surface area contributed by atoms with Gasteiger partial charge in [0.2, 0.25) is 0 Å². The van der Waals surface area contributed by atoms with E-state index in [0.717, 1.165) is 23.4 Å². The maximum atomic E-state index is 4.55. The van der Waals surface area contributed by atoms with E-state index in [-0.39, 0.29) is 0 Å². The minimum Gasteiger partial charge on any atom is -0.301 e. The Hall–Kier alpha value is -1.75. The average molecular weight is 271 g/mol. The summed E-state index contributed by atoms with van der Waals surface area (Å²) in [6.45, 7) is 6.93. The smallest absolute Gasteiger partial charge is 0.0916 e. The van der Waals surface area contributed by atoms with E-state index in [1.165, 1.54) is 19.5 Å². The molecule has 1 fully saturated rings. The number of likely N-dealkylation sites (tertiary alicyclic amines) is 1. The first kappa shape index (κ1) is 13.2. The zero-order valence-corrected chi connectivity index (χ0v) is 12.1. The summed E-state index contributed by atoms with van der Waals surface area (Å²) in [5.41, 5.74) is 2.95. The van der Waals surface area contributed by atoms with Crippen molar-refractivity contribution in [1.82, 2.24) is 25.1 Å². The summed E-state index contributed by atoms with van der Waals surface area (Å²) in [6.07, 6.45) is 9.64. The van der Waals surface area contributed by atoms with Gasteiger partial charge in [0, 0.05) is 30.5 Å². The van der Waals surface area contributed by atoms with Crippen molar-refractivity contribution in [3.05, 3.63) is 30.5 Å². The van der Waals surface area contributed by atoms with E-state index in [2.05, 4.69) is 38.9 Å². The van der Waals surface area contributed by atoms with Crippen LogP contribution in [0.1, 0.15) is 26.0 Å². The molecule has 106 valence electrons. The van der Waals surface area contributed by atoms with Gasteiger partial charge in [0.1, 0.15) is 0 Å². The fourth-order valence-electron chi connectivity index (χ4n) is 2.79. The number of nitrogens with one attached hydrogen (secondary N) is 1. The number of nitrogens with zero attached hydrogens (tertiary/aromatic N) is 4. The Morgan fingerprint density at radius 2 is 2.20 bits per heavy atom. The second kappa shape index (κ2) is 5.71. The minimum atomic E-state index is 0.648. The highest BCUT2D eigenvalue weighted by Gasteiger charge is 2.24. The van der Waals surface area contributed by atoms with Gasteiger partial charge >= 0.3 is 0 Å². The van der Waals surface area contributed by atoms with Crippen molar-refractivity contribution in [3.8, 4) is 11.3 Å². The summed E-state index contributed by atoms with van der Waals surface area (Å²) < 4.78 is 0. The Morgan fingerprint density at radius 1 is 1.30 bits per heavy atom. The number of aromatic nitrogens is 4. The van der Waals surface area contributed by atoms with Gasteiger partial charge in [-0.15, -0.1) is 0 Å². The third kappa shape index (κ3) is 2.88. The van der Waals surface area contributed by atoms with E-state index < -0.39 is 0 Å². The minimum absolute atomic E-state index is 0.648. The van der Waals surface area contributed by atoms with Crippen molar-refractivity contribution < 1.29 is 0 Å². The normalized spacial score (nSPS) is 19.9. The fraction of sp³-hybridized carbons (Fsp3) is 0.533. The van der Waals surface area contributed by atoms with Crippen molar-refractivity contribution in [2.45, 2.75) is 32.7 Å². The van der Waals surface area contributed by atoms with Gasteiger partial charge in [0.15, 0.2) is 0 Å². The summed E-state index contributed by atoms with van der Waals surface area (Å²) in [5.74, 6) is 0.714. The summed E-state index contributed by atoms with van der Waals surface area (Å²) >= 11 is 0. The van der Waals surface area contributed by atoms with E-state index in [0.29, 0.717) is 12.0 Å². The molecule has 1 saturated heterocycles. The quantitative estimate of drug-likeness (QED) is 0.925. The SMILES string of the molecule is CC(C)N1CC[C@@H](Cc2cnc(-c3cn[nH]c3)cn2)C1. The molecule has 0 aliphatic carbocycles.